The lowest BCUT2D eigenvalue weighted by molar-refractivity contribution is -0.116. The topological polar surface area (TPSA) is 82.5 Å². The molecule has 1 amide bonds. The highest BCUT2D eigenvalue weighted by Gasteiger charge is 2.14. The molecule has 0 unspecified atom stereocenters. The lowest BCUT2D eigenvalue weighted by Gasteiger charge is -2.13. The lowest BCUT2D eigenvalue weighted by atomic mass is 10.2. The summed E-state index contributed by atoms with van der Waals surface area (Å²) in [6.45, 7) is 0. The van der Waals surface area contributed by atoms with Crippen molar-refractivity contribution in [2.24, 2.45) is 7.05 Å². The van der Waals surface area contributed by atoms with Gasteiger partial charge in [0.05, 0.1) is 35.8 Å². The fraction of sp³-hybridized carbons (Fsp3) is 0.250. The number of carbonyl (C=O) groups excluding carboxylic acids is 1. The zero-order chi connectivity index (χ0) is 20.3. The van der Waals surface area contributed by atoms with E-state index < -0.39 is 0 Å². The standard InChI is InChI=1S/C20H20ClN3O4/c1-24-18(22-14-7-5-4-6-12(14)20(24)26)8-9-19(25)23-15-11-16(27-2)13(21)10-17(15)28-3/h4-7,10-11H,8-9H2,1-3H3,(H,23,25). The van der Waals surface area contributed by atoms with E-state index in [2.05, 4.69) is 10.3 Å². The summed E-state index contributed by atoms with van der Waals surface area (Å²) in [6, 6.07) is 10.3. The van der Waals surface area contributed by atoms with Crippen LogP contribution in [-0.4, -0.2) is 29.7 Å². The number of ether oxygens (including phenoxy) is 2. The maximum absolute atomic E-state index is 12.5. The summed E-state index contributed by atoms with van der Waals surface area (Å²) in [5, 5.41) is 3.72. The summed E-state index contributed by atoms with van der Waals surface area (Å²) in [6.07, 6.45) is 0.460. The number of para-hydroxylation sites is 1. The first-order valence-electron chi connectivity index (χ1n) is 8.60. The molecule has 0 spiro atoms. The van der Waals surface area contributed by atoms with Crippen molar-refractivity contribution >= 4 is 34.1 Å². The Morgan fingerprint density at radius 3 is 2.61 bits per heavy atom. The quantitative estimate of drug-likeness (QED) is 0.686. The molecule has 0 atom stereocenters. The fourth-order valence-electron chi connectivity index (χ4n) is 2.88. The number of anilines is 1. The highest BCUT2D eigenvalue weighted by molar-refractivity contribution is 6.32. The van der Waals surface area contributed by atoms with Crippen LogP contribution in [0.1, 0.15) is 12.2 Å². The maximum atomic E-state index is 12.5. The van der Waals surface area contributed by atoms with Crippen molar-refractivity contribution in [2.75, 3.05) is 19.5 Å². The minimum atomic E-state index is -0.245. The molecular formula is C20H20ClN3O4. The van der Waals surface area contributed by atoms with Gasteiger partial charge in [0.2, 0.25) is 5.91 Å². The first-order valence-corrected chi connectivity index (χ1v) is 8.98. The average Bonchev–Trinajstić information content (AvgIpc) is 2.70. The Balaban J connectivity index is 1.78. The molecule has 1 heterocycles. The van der Waals surface area contributed by atoms with Crippen LogP contribution < -0.4 is 20.3 Å². The van der Waals surface area contributed by atoms with Crippen LogP contribution >= 0.6 is 11.6 Å². The fourth-order valence-corrected chi connectivity index (χ4v) is 3.11. The summed E-state index contributed by atoms with van der Waals surface area (Å²) < 4.78 is 11.9. The molecule has 0 aliphatic heterocycles. The van der Waals surface area contributed by atoms with Crippen LogP contribution in [0.15, 0.2) is 41.2 Å². The average molecular weight is 402 g/mol. The van der Waals surface area contributed by atoms with Crippen LogP contribution in [0.4, 0.5) is 5.69 Å². The normalized spacial score (nSPS) is 10.7. The third-order valence-electron chi connectivity index (χ3n) is 4.40. The molecule has 3 aromatic rings. The molecule has 3 rings (SSSR count). The van der Waals surface area contributed by atoms with Crippen molar-refractivity contribution in [3.63, 3.8) is 0 Å². The van der Waals surface area contributed by atoms with Gasteiger partial charge in [-0.1, -0.05) is 23.7 Å². The molecule has 0 aliphatic carbocycles. The molecule has 1 aromatic heterocycles. The predicted molar refractivity (Wildman–Crippen MR) is 108 cm³/mol. The van der Waals surface area contributed by atoms with E-state index in [1.54, 1.807) is 37.4 Å². The van der Waals surface area contributed by atoms with Gasteiger partial charge in [0.15, 0.2) is 0 Å². The minimum absolute atomic E-state index is 0.134. The smallest absolute Gasteiger partial charge is 0.261 e. The van der Waals surface area contributed by atoms with E-state index in [0.29, 0.717) is 45.4 Å². The Labute approximate surface area is 166 Å². The van der Waals surface area contributed by atoms with E-state index in [-0.39, 0.29) is 17.9 Å². The number of methoxy groups -OCH3 is 2. The van der Waals surface area contributed by atoms with Crippen molar-refractivity contribution in [1.29, 1.82) is 0 Å². The highest BCUT2D eigenvalue weighted by Crippen LogP contribution is 2.35. The van der Waals surface area contributed by atoms with Gasteiger partial charge in [-0.3, -0.25) is 14.2 Å². The van der Waals surface area contributed by atoms with Gasteiger partial charge in [-0.15, -0.1) is 0 Å². The highest BCUT2D eigenvalue weighted by atomic mass is 35.5. The largest absolute Gasteiger partial charge is 0.495 e. The molecule has 28 heavy (non-hydrogen) atoms. The molecule has 7 nitrogen and oxygen atoms in total. The molecule has 146 valence electrons. The molecule has 0 fully saturated rings. The van der Waals surface area contributed by atoms with Crippen LogP contribution in [0, 0.1) is 0 Å². The Bertz CT molecular complexity index is 1090. The number of nitrogens with zero attached hydrogens (tertiary/aromatic N) is 2. The summed E-state index contributed by atoms with van der Waals surface area (Å²) in [4.78, 5) is 29.4. The van der Waals surface area contributed by atoms with E-state index in [0.717, 1.165) is 0 Å². The molecule has 0 radical (unpaired) electrons. The molecular weight excluding hydrogens is 382 g/mol. The molecule has 0 bridgehead atoms. The molecule has 8 heteroatoms. The summed E-state index contributed by atoms with van der Waals surface area (Å²) in [5.41, 5.74) is 0.935. The number of aromatic nitrogens is 2. The molecule has 2 aromatic carbocycles. The van der Waals surface area contributed by atoms with Gasteiger partial charge in [-0.05, 0) is 12.1 Å². The molecule has 0 saturated carbocycles. The van der Waals surface area contributed by atoms with Crippen molar-refractivity contribution in [3.8, 4) is 11.5 Å². The van der Waals surface area contributed by atoms with Crippen LogP contribution in [-0.2, 0) is 18.3 Å². The first kappa shape index (κ1) is 19.7. The van der Waals surface area contributed by atoms with Gasteiger partial charge >= 0.3 is 0 Å². The van der Waals surface area contributed by atoms with Crippen LogP contribution in [0.3, 0.4) is 0 Å². The number of halogens is 1. The number of carbonyl (C=O) groups is 1. The predicted octanol–water partition coefficient (Wildman–Crippen LogP) is 3.18. The number of aryl methyl sites for hydroxylation is 1. The molecule has 0 saturated heterocycles. The zero-order valence-electron chi connectivity index (χ0n) is 15.8. The number of hydrogen-bond donors (Lipinski definition) is 1. The number of rotatable bonds is 6. The number of benzene rings is 2. The van der Waals surface area contributed by atoms with E-state index in [1.165, 1.54) is 18.8 Å². The van der Waals surface area contributed by atoms with E-state index in [1.807, 2.05) is 6.07 Å². The van der Waals surface area contributed by atoms with Crippen LogP contribution in [0.25, 0.3) is 10.9 Å². The van der Waals surface area contributed by atoms with Crippen molar-refractivity contribution in [1.82, 2.24) is 9.55 Å². The number of hydrogen-bond acceptors (Lipinski definition) is 5. The second-order valence-corrected chi connectivity index (χ2v) is 6.55. The second kappa shape index (κ2) is 8.31. The van der Waals surface area contributed by atoms with Crippen molar-refractivity contribution in [3.05, 3.63) is 57.6 Å². The van der Waals surface area contributed by atoms with E-state index in [9.17, 15) is 9.59 Å². The van der Waals surface area contributed by atoms with Crippen LogP contribution in [0.2, 0.25) is 5.02 Å². The number of fused-ring (bicyclic) bond motifs is 1. The minimum Gasteiger partial charge on any atom is -0.495 e. The summed E-state index contributed by atoms with van der Waals surface area (Å²) in [5.74, 6) is 1.15. The van der Waals surface area contributed by atoms with Crippen molar-refractivity contribution in [2.45, 2.75) is 12.8 Å². The second-order valence-electron chi connectivity index (χ2n) is 6.14. The first-order chi connectivity index (χ1) is 13.4. The zero-order valence-corrected chi connectivity index (χ0v) is 16.5. The van der Waals surface area contributed by atoms with Gasteiger partial charge in [0.25, 0.3) is 5.56 Å². The Morgan fingerprint density at radius 1 is 1.18 bits per heavy atom. The Morgan fingerprint density at radius 2 is 1.89 bits per heavy atom. The monoisotopic (exact) mass is 401 g/mol. The molecule has 1 N–H and O–H groups in total. The van der Waals surface area contributed by atoms with Gasteiger partial charge < -0.3 is 14.8 Å². The number of nitrogens with one attached hydrogen (secondary N) is 1. The lowest BCUT2D eigenvalue weighted by Crippen LogP contribution is -2.23. The van der Waals surface area contributed by atoms with Crippen LogP contribution in [0.5, 0.6) is 11.5 Å². The third-order valence-corrected chi connectivity index (χ3v) is 4.69. The van der Waals surface area contributed by atoms with Crippen molar-refractivity contribution < 1.29 is 14.3 Å². The Hall–Kier alpha value is -3.06. The van der Waals surface area contributed by atoms with Gasteiger partial charge in [-0.2, -0.15) is 0 Å². The summed E-state index contributed by atoms with van der Waals surface area (Å²) in [7, 11) is 4.63. The third kappa shape index (κ3) is 3.94. The van der Waals surface area contributed by atoms with Gasteiger partial charge in [0, 0.05) is 32.0 Å². The SMILES string of the molecule is COc1cc(NC(=O)CCc2nc3ccccc3c(=O)n2C)c(OC)cc1Cl. The van der Waals surface area contributed by atoms with Gasteiger partial charge in [0.1, 0.15) is 17.3 Å². The number of amides is 1. The maximum Gasteiger partial charge on any atom is 0.261 e. The molecule has 0 aliphatic rings. The summed E-state index contributed by atoms with van der Waals surface area (Å²) >= 11 is 6.08. The van der Waals surface area contributed by atoms with Gasteiger partial charge in [-0.25, -0.2) is 4.98 Å². The Kier molecular flexibility index (Phi) is 5.84. The van der Waals surface area contributed by atoms with E-state index in [4.69, 9.17) is 21.1 Å². The van der Waals surface area contributed by atoms with E-state index >= 15 is 0 Å².